The van der Waals surface area contributed by atoms with Gasteiger partial charge in [0.1, 0.15) is 11.9 Å². The number of fused-ring (bicyclic) bond motifs is 3. The number of rotatable bonds is 0. The van der Waals surface area contributed by atoms with Crippen LogP contribution in [0.15, 0.2) is 24.3 Å². The van der Waals surface area contributed by atoms with Gasteiger partial charge in [-0.3, -0.25) is 4.79 Å². The molecule has 5 heteroatoms. The molecule has 80 valence electrons. The Labute approximate surface area is 96.9 Å². The second-order valence-corrected chi connectivity index (χ2v) is 4.16. The number of anilines is 1. The number of para-hydroxylation sites is 1. The van der Waals surface area contributed by atoms with Gasteiger partial charge in [-0.2, -0.15) is 0 Å². The van der Waals surface area contributed by atoms with Gasteiger partial charge in [-0.05, 0) is 31.3 Å². The van der Waals surface area contributed by atoms with E-state index in [2.05, 4.69) is 10.3 Å². The van der Waals surface area contributed by atoms with Gasteiger partial charge in [0.05, 0.1) is 5.52 Å². The highest BCUT2D eigenvalue weighted by atomic mass is 32.1. The fourth-order valence-electron chi connectivity index (χ4n) is 1.95. The SMILES string of the molecule is C[C@H]1Nc2c3ccccc3nc(=S)n2C1=O. The van der Waals surface area contributed by atoms with Gasteiger partial charge in [-0.15, -0.1) is 0 Å². The summed E-state index contributed by atoms with van der Waals surface area (Å²) in [5, 5.41) is 4.06. The van der Waals surface area contributed by atoms with E-state index in [0.29, 0.717) is 4.77 Å². The second kappa shape index (κ2) is 3.12. The van der Waals surface area contributed by atoms with Crippen molar-refractivity contribution < 1.29 is 4.79 Å². The molecule has 0 spiro atoms. The molecule has 1 aliphatic rings. The lowest BCUT2D eigenvalue weighted by Gasteiger charge is -2.05. The van der Waals surface area contributed by atoms with E-state index in [-0.39, 0.29) is 11.9 Å². The van der Waals surface area contributed by atoms with Crippen LogP contribution in [0.2, 0.25) is 0 Å². The molecule has 0 fully saturated rings. The van der Waals surface area contributed by atoms with Crippen LogP contribution in [0.4, 0.5) is 5.82 Å². The third-order valence-corrected chi connectivity index (χ3v) is 3.01. The molecule has 1 atom stereocenters. The summed E-state index contributed by atoms with van der Waals surface area (Å²) in [6, 6.07) is 7.40. The Morgan fingerprint density at radius 3 is 3.00 bits per heavy atom. The van der Waals surface area contributed by atoms with E-state index in [0.717, 1.165) is 16.7 Å². The van der Waals surface area contributed by atoms with Crippen molar-refractivity contribution in [1.29, 1.82) is 0 Å². The van der Waals surface area contributed by atoms with E-state index in [1.807, 2.05) is 31.2 Å². The Hall–Kier alpha value is -1.75. The van der Waals surface area contributed by atoms with Crippen LogP contribution in [0.3, 0.4) is 0 Å². The van der Waals surface area contributed by atoms with Gasteiger partial charge in [0.15, 0.2) is 0 Å². The number of benzene rings is 1. The van der Waals surface area contributed by atoms with Crippen LogP contribution in [0.5, 0.6) is 0 Å². The molecule has 0 unspecified atom stereocenters. The van der Waals surface area contributed by atoms with Gasteiger partial charge >= 0.3 is 0 Å². The van der Waals surface area contributed by atoms with E-state index in [1.54, 1.807) is 0 Å². The molecular weight excluding hydrogens is 222 g/mol. The minimum absolute atomic E-state index is 0.0433. The van der Waals surface area contributed by atoms with Crippen molar-refractivity contribution in [3.05, 3.63) is 29.0 Å². The third-order valence-electron chi connectivity index (χ3n) is 2.73. The van der Waals surface area contributed by atoms with Crippen LogP contribution < -0.4 is 5.32 Å². The van der Waals surface area contributed by atoms with E-state index in [1.165, 1.54) is 4.57 Å². The lowest BCUT2D eigenvalue weighted by molar-refractivity contribution is 0.0911. The van der Waals surface area contributed by atoms with E-state index in [4.69, 9.17) is 12.2 Å². The summed E-state index contributed by atoms with van der Waals surface area (Å²) in [5.74, 6) is 0.714. The monoisotopic (exact) mass is 231 g/mol. The maximum absolute atomic E-state index is 11.9. The van der Waals surface area contributed by atoms with Gasteiger partial charge in [0.25, 0.3) is 5.91 Å². The van der Waals surface area contributed by atoms with Crippen LogP contribution in [-0.2, 0) is 0 Å². The zero-order chi connectivity index (χ0) is 11.3. The number of hydrogen-bond acceptors (Lipinski definition) is 4. The van der Waals surface area contributed by atoms with E-state index < -0.39 is 0 Å². The summed E-state index contributed by atoms with van der Waals surface area (Å²) in [5.41, 5.74) is 0.813. The summed E-state index contributed by atoms with van der Waals surface area (Å²) in [4.78, 5) is 16.1. The second-order valence-electron chi connectivity index (χ2n) is 3.80. The number of nitrogens with one attached hydrogen (secondary N) is 1. The molecule has 0 saturated heterocycles. The van der Waals surface area contributed by atoms with Crippen molar-refractivity contribution in [2.24, 2.45) is 0 Å². The standard InChI is InChI=1S/C11H9N3OS/c1-6-10(15)14-9(12-6)7-4-2-3-5-8(7)13-11(14)16/h2-6,12H,1H3/t6-/m1/s1. The Morgan fingerprint density at radius 1 is 1.44 bits per heavy atom. The quantitative estimate of drug-likeness (QED) is 0.706. The zero-order valence-electron chi connectivity index (χ0n) is 8.60. The van der Waals surface area contributed by atoms with Crippen LogP contribution in [0.1, 0.15) is 11.7 Å². The van der Waals surface area contributed by atoms with Crippen molar-refractivity contribution >= 4 is 34.8 Å². The van der Waals surface area contributed by atoms with Crippen LogP contribution in [0, 0.1) is 4.77 Å². The largest absolute Gasteiger partial charge is 0.359 e. The fourth-order valence-corrected chi connectivity index (χ4v) is 2.23. The van der Waals surface area contributed by atoms with Crippen LogP contribution in [0.25, 0.3) is 10.9 Å². The third kappa shape index (κ3) is 1.12. The molecule has 0 bridgehead atoms. The van der Waals surface area contributed by atoms with Crippen molar-refractivity contribution in [3.63, 3.8) is 0 Å². The molecule has 1 aromatic heterocycles. The first-order chi connectivity index (χ1) is 7.68. The average Bonchev–Trinajstić information content (AvgIpc) is 2.57. The van der Waals surface area contributed by atoms with Crippen LogP contribution >= 0.6 is 12.2 Å². The summed E-state index contributed by atoms with van der Waals surface area (Å²) in [6.45, 7) is 1.82. The van der Waals surface area contributed by atoms with Crippen molar-refractivity contribution in [1.82, 2.24) is 9.55 Å². The number of hydrogen-bond donors (Lipinski definition) is 1. The molecule has 3 rings (SSSR count). The molecule has 0 amide bonds. The van der Waals surface area contributed by atoms with Gasteiger partial charge < -0.3 is 5.32 Å². The maximum atomic E-state index is 11.9. The highest BCUT2D eigenvalue weighted by molar-refractivity contribution is 7.71. The molecule has 16 heavy (non-hydrogen) atoms. The van der Waals surface area contributed by atoms with Crippen molar-refractivity contribution in [2.75, 3.05) is 5.32 Å². The highest BCUT2D eigenvalue weighted by Gasteiger charge is 2.27. The average molecular weight is 231 g/mol. The normalized spacial score (nSPS) is 18.6. The first-order valence-corrected chi connectivity index (χ1v) is 5.42. The highest BCUT2D eigenvalue weighted by Crippen LogP contribution is 2.27. The number of aromatic nitrogens is 2. The van der Waals surface area contributed by atoms with Gasteiger partial charge in [0, 0.05) is 5.39 Å². The minimum Gasteiger partial charge on any atom is -0.359 e. The van der Waals surface area contributed by atoms with E-state index >= 15 is 0 Å². The van der Waals surface area contributed by atoms with Gasteiger partial charge in [0.2, 0.25) is 4.77 Å². The zero-order valence-corrected chi connectivity index (χ0v) is 9.41. The van der Waals surface area contributed by atoms with Crippen LogP contribution in [-0.4, -0.2) is 21.5 Å². The Morgan fingerprint density at radius 2 is 2.19 bits per heavy atom. The molecule has 1 aliphatic heterocycles. The molecule has 1 N–H and O–H groups in total. The molecule has 0 saturated carbocycles. The fraction of sp³-hybridized carbons (Fsp3) is 0.182. The summed E-state index contributed by atoms with van der Waals surface area (Å²) in [6.07, 6.45) is 0. The van der Waals surface area contributed by atoms with Crippen molar-refractivity contribution in [2.45, 2.75) is 13.0 Å². The molecule has 0 aliphatic carbocycles. The first-order valence-electron chi connectivity index (χ1n) is 5.01. The number of carbonyl (C=O) groups is 1. The Kier molecular flexibility index (Phi) is 1.85. The minimum atomic E-state index is -0.241. The number of carbonyl (C=O) groups excluding carboxylic acids is 1. The topological polar surface area (TPSA) is 46.9 Å². The molecule has 0 radical (unpaired) electrons. The summed E-state index contributed by atoms with van der Waals surface area (Å²) >= 11 is 5.13. The summed E-state index contributed by atoms with van der Waals surface area (Å²) in [7, 11) is 0. The predicted octanol–water partition coefficient (Wildman–Crippen LogP) is 2.22. The number of nitrogens with zero attached hydrogens (tertiary/aromatic N) is 2. The molecular formula is C11H9N3OS. The molecule has 2 aromatic rings. The van der Waals surface area contributed by atoms with E-state index in [9.17, 15) is 4.79 Å². The summed E-state index contributed by atoms with van der Waals surface area (Å²) < 4.78 is 1.79. The molecule has 2 heterocycles. The molecule has 4 nitrogen and oxygen atoms in total. The van der Waals surface area contributed by atoms with Crippen molar-refractivity contribution in [3.8, 4) is 0 Å². The first kappa shape index (κ1) is 9.47. The van der Waals surface area contributed by atoms with Gasteiger partial charge in [-0.25, -0.2) is 9.55 Å². The molecule has 1 aromatic carbocycles. The smallest absolute Gasteiger partial charge is 0.256 e. The Bertz CT molecular complexity index is 662. The lowest BCUT2D eigenvalue weighted by atomic mass is 10.2. The Balaban J connectivity index is 2.48. The predicted molar refractivity (Wildman–Crippen MR) is 64.3 cm³/mol. The van der Waals surface area contributed by atoms with Gasteiger partial charge in [-0.1, -0.05) is 12.1 Å². The lowest BCUT2D eigenvalue weighted by Crippen LogP contribution is -2.20. The maximum Gasteiger partial charge on any atom is 0.256 e.